The van der Waals surface area contributed by atoms with E-state index >= 15 is 0 Å². The number of amides is 1. The molecule has 1 N–H and O–H groups in total. The Morgan fingerprint density at radius 3 is 2.61 bits per heavy atom. The summed E-state index contributed by atoms with van der Waals surface area (Å²) in [6, 6.07) is 11.2. The summed E-state index contributed by atoms with van der Waals surface area (Å²) in [7, 11) is 0. The van der Waals surface area contributed by atoms with Crippen molar-refractivity contribution in [3.8, 4) is 0 Å². The van der Waals surface area contributed by atoms with E-state index in [1.807, 2.05) is 28.8 Å². The van der Waals surface area contributed by atoms with Crippen molar-refractivity contribution < 1.29 is 13.6 Å². The lowest BCUT2D eigenvalue weighted by atomic mass is 10.1. The van der Waals surface area contributed by atoms with Crippen LogP contribution in [0.5, 0.6) is 0 Å². The first-order chi connectivity index (χ1) is 13.6. The average molecular weight is 384 g/mol. The maximum atomic E-state index is 14.0. The van der Waals surface area contributed by atoms with E-state index in [1.54, 1.807) is 0 Å². The van der Waals surface area contributed by atoms with Crippen LogP contribution >= 0.6 is 0 Å². The highest BCUT2D eigenvalue weighted by Crippen LogP contribution is 2.21. The Hall–Kier alpha value is -2.80. The van der Waals surface area contributed by atoms with Gasteiger partial charge in [0.2, 0.25) is 5.95 Å². The topological polar surface area (TPSA) is 50.2 Å². The molecule has 1 saturated heterocycles. The van der Waals surface area contributed by atoms with Crippen molar-refractivity contribution in [2.75, 3.05) is 25.0 Å². The van der Waals surface area contributed by atoms with Crippen molar-refractivity contribution in [2.45, 2.75) is 25.8 Å². The van der Waals surface area contributed by atoms with Crippen LogP contribution in [0.15, 0.2) is 42.5 Å². The van der Waals surface area contributed by atoms with Gasteiger partial charge in [-0.1, -0.05) is 24.6 Å². The molecule has 0 radical (unpaired) electrons. The van der Waals surface area contributed by atoms with E-state index in [0.717, 1.165) is 36.7 Å². The molecule has 0 saturated carbocycles. The number of carbonyl (C=O) groups is 1. The zero-order valence-electron chi connectivity index (χ0n) is 15.5. The minimum absolute atomic E-state index is 0.338. The molecule has 3 aromatic rings. The average Bonchev–Trinajstić information content (AvgIpc) is 3.06. The molecule has 1 amide bonds. The van der Waals surface area contributed by atoms with E-state index < -0.39 is 17.5 Å². The van der Waals surface area contributed by atoms with Gasteiger partial charge in [-0.3, -0.25) is 10.1 Å². The van der Waals surface area contributed by atoms with Crippen LogP contribution in [0.3, 0.4) is 0 Å². The second-order valence-corrected chi connectivity index (χ2v) is 7.03. The van der Waals surface area contributed by atoms with Crippen LogP contribution in [-0.2, 0) is 6.54 Å². The minimum atomic E-state index is -1.16. The fourth-order valence-electron chi connectivity index (χ4n) is 3.67. The minimum Gasteiger partial charge on any atom is -0.309 e. The Morgan fingerprint density at radius 1 is 1.00 bits per heavy atom. The third-order valence-electron chi connectivity index (χ3n) is 5.16. The maximum absolute atomic E-state index is 14.0. The van der Waals surface area contributed by atoms with Gasteiger partial charge in [-0.05, 0) is 50.2 Å². The normalized spacial score (nSPS) is 15.1. The van der Waals surface area contributed by atoms with Crippen LogP contribution in [-0.4, -0.2) is 40.0 Å². The molecular formula is C21H22F2N4O. The summed E-state index contributed by atoms with van der Waals surface area (Å²) in [5.41, 5.74) is 1.31. The van der Waals surface area contributed by atoms with Gasteiger partial charge in [0.15, 0.2) is 11.6 Å². The van der Waals surface area contributed by atoms with Crippen molar-refractivity contribution in [3.63, 3.8) is 0 Å². The molecule has 1 aliphatic rings. The number of hydrogen-bond donors (Lipinski definition) is 1. The van der Waals surface area contributed by atoms with E-state index in [9.17, 15) is 13.6 Å². The summed E-state index contributed by atoms with van der Waals surface area (Å²) in [5.74, 6) is -2.58. The van der Waals surface area contributed by atoms with Crippen LogP contribution in [0, 0.1) is 11.6 Å². The van der Waals surface area contributed by atoms with Crippen LogP contribution in [0.1, 0.15) is 29.6 Å². The van der Waals surface area contributed by atoms with Crippen LogP contribution in [0.2, 0.25) is 0 Å². The van der Waals surface area contributed by atoms with Gasteiger partial charge in [0.25, 0.3) is 5.91 Å². The van der Waals surface area contributed by atoms with Gasteiger partial charge in [0.1, 0.15) is 0 Å². The van der Waals surface area contributed by atoms with Gasteiger partial charge in [-0.25, -0.2) is 13.8 Å². The molecule has 28 heavy (non-hydrogen) atoms. The Labute approximate surface area is 162 Å². The molecule has 2 heterocycles. The molecule has 1 aromatic heterocycles. The first-order valence-electron chi connectivity index (χ1n) is 9.56. The number of carbonyl (C=O) groups excluding carboxylic acids is 1. The summed E-state index contributed by atoms with van der Waals surface area (Å²) in [4.78, 5) is 19.4. The first kappa shape index (κ1) is 18.6. The third kappa shape index (κ3) is 3.75. The quantitative estimate of drug-likeness (QED) is 0.722. The molecule has 4 rings (SSSR count). The zero-order chi connectivity index (χ0) is 19.5. The van der Waals surface area contributed by atoms with Crippen molar-refractivity contribution >= 4 is 22.9 Å². The summed E-state index contributed by atoms with van der Waals surface area (Å²) < 4.78 is 29.4. The fraction of sp³-hybridized carbons (Fsp3) is 0.333. The standard InChI is InChI=1S/C21H22F2N4O/c22-16-8-6-7-15(19(16)23)20(28)25-21-24-17-9-2-3-10-18(17)27(21)14-13-26-11-4-1-5-12-26/h2-3,6-10H,1,4-5,11-14H2,(H,24,25,28). The number of rotatable bonds is 5. The number of benzene rings is 2. The molecule has 1 aliphatic heterocycles. The van der Waals surface area contributed by atoms with Crippen molar-refractivity contribution in [2.24, 2.45) is 0 Å². The highest BCUT2D eigenvalue weighted by molar-refractivity contribution is 6.04. The predicted molar refractivity (Wildman–Crippen MR) is 104 cm³/mol. The monoisotopic (exact) mass is 384 g/mol. The van der Waals surface area contributed by atoms with Gasteiger partial charge < -0.3 is 9.47 Å². The number of anilines is 1. The zero-order valence-corrected chi connectivity index (χ0v) is 15.5. The number of likely N-dealkylation sites (tertiary alicyclic amines) is 1. The lowest BCUT2D eigenvalue weighted by Crippen LogP contribution is -2.32. The largest absolute Gasteiger partial charge is 0.309 e. The van der Waals surface area contributed by atoms with E-state index in [-0.39, 0.29) is 5.56 Å². The van der Waals surface area contributed by atoms with Gasteiger partial charge in [0.05, 0.1) is 16.6 Å². The number of halogens is 2. The summed E-state index contributed by atoms with van der Waals surface area (Å²) in [6.07, 6.45) is 3.67. The number of aromatic nitrogens is 2. The van der Waals surface area contributed by atoms with Crippen molar-refractivity contribution in [1.29, 1.82) is 0 Å². The van der Waals surface area contributed by atoms with Crippen LogP contribution in [0.25, 0.3) is 11.0 Å². The second kappa shape index (κ2) is 8.06. The smallest absolute Gasteiger partial charge is 0.261 e. The molecule has 0 spiro atoms. The van der Waals surface area contributed by atoms with Gasteiger partial charge in [0, 0.05) is 13.1 Å². The Morgan fingerprint density at radius 2 is 1.79 bits per heavy atom. The highest BCUT2D eigenvalue weighted by Gasteiger charge is 2.19. The lowest BCUT2D eigenvalue weighted by Gasteiger charge is -2.26. The van der Waals surface area contributed by atoms with E-state index in [2.05, 4.69) is 15.2 Å². The fourth-order valence-corrected chi connectivity index (χ4v) is 3.67. The van der Waals surface area contributed by atoms with Crippen LogP contribution in [0.4, 0.5) is 14.7 Å². The highest BCUT2D eigenvalue weighted by atomic mass is 19.2. The number of nitrogens with one attached hydrogen (secondary N) is 1. The van der Waals surface area contributed by atoms with Crippen LogP contribution < -0.4 is 5.32 Å². The molecule has 1 fully saturated rings. The summed E-state index contributed by atoms with van der Waals surface area (Å²) in [5, 5.41) is 2.66. The molecule has 0 unspecified atom stereocenters. The number of para-hydroxylation sites is 2. The second-order valence-electron chi connectivity index (χ2n) is 7.03. The molecule has 146 valence electrons. The maximum Gasteiger partial charge on any atom is 0.261 e. The SMILES string of the molecule is O=C(Nc1nc2ccccc2n1CCN1CCCCC1)c1cccc(F)c1F. The Kier molecular flexibility index (Phi) is 5.34. The summed E-state index contributed by atoms with van der Waals surface area (Å²) >= 11 is 0. The number of fused-ring (bicyclic) bond motifs is 1. The molecule has 0 bridgehead atoms. The molecule has 2 aromatic carbocycles. The lowest BCUT2D eigenvalue weighted by molar-refractivity contribution is 0.102. The van der Waals surface area contributed by atoms with Crippen molar-refractivity contribution in [3.05, 3.63) is 59.7 Å². The molecule has 0 aliphatic carbocycles. The number of imidazole rings is 1. The molecule has 0 atom stereocenters. The van der Waals surface area contributed by atoms with E-state index in [4.69, 9.17) is 0 Å². The number of nitrogens with zero attached hydrogens (tertiary/aromatic N) is 3. The van der Waals surface area contributed by atoms with Crippen molar-refractivity contribution in [1.82, 2.24) is 14.5 Å². The first-order valence-corrected chi connectivity index (χ1v) is 9.56. The third-order valence-corrected chi connectivity index (χ3v) is 5.16. The predicted octanol–water partition coefficient (Wildman–Crippen LogP) is 4.05. The Balaban J connectivity index is 1.60. The number of piperidine rings is 1. The molecule has 7 heteroatoms. The summed E-state index contributed by atoms with van der Waals surface area (Å²) in [6.45, 7) is 3.64. The van der Waals surface area contributed by atoms with Gasteiger partial charge in [-0.15, -0.1) is 0 Å². The van der Waals surface area contributed by atoms with Gasteiger partial charge >= 0.3 is 0 Å². The Bertz CT molecular complexity index is 995. The van der Waals surface area contributed by atoms with E-state index in [0.29, 0.717) is 12.5 Å². The number of hydrogen-bond acceptors (Lipinski definition) is 3. The molecule has 5 nitrogen and oxygen atoms in total. The van der Waals surface area contributed by atoms with E-state index in [1.165, 1.54) is 31.4 Å². The molecular weight excluding hydrogens is 362 g/mol. The van der Waals surface area contributed by atoms with Gasteiger partial charge in [-0.2, -0.15) is 0 Å².